The minimum atomic E-state index is -0.831. The standard InChI is InChI=1S/C28H24ClIN2O5/c1-4-36-24-14-19(13-22(30)25(24)37-15-18-8-5-7-16(2)11-18)12-20-26(33)31-28(35)32(27(20)34)23-10-6-9-21(29)17(23)3/h5-14H,4,15H2,1-3H3,(H,31,33,35)/b20-12+. The summed E-state index contributed by atoms with van der Waals surface area (Å²) in [7, 11) is 0. The summed E-state index contributed by atoms with van der Waals surface area (Å²) in [5.41, 5.74) is 3.37. The van der Waals surface area contributed by atoms with Crippen LogP contribution in [0.4, 0.5) is 10.5 Å². The molecule has 0 radical (unpaired) electrons. The van der Waals surface area contributed by atoms with Gasteiger partial charge in [0.1, 0.15) is 12.2 Å². The van der Waals surface area contributed by atoms with Crippen LogP contribution in [-0.2, 0) is 16.2 Å². The molecule has 1 fully saturated rings. The first kappa shape index (κ1) is 26.7. The third-order valence-electron chi connectivity index (χ3n) is 5.69. The van der Waals surface area contributed by atoms with E-state index in [1.54, 1.807) is 37.3 Å². The molecule has 1 N–H and O–H groups in total. The van der Waals surface area contributed by atoms with Crippen molar-refractivity contribution < 1.29 is 23.9 Å². The second-order valence-corrected chi connectivity index (χ2v) is 9.95. The van der Waals surface area contributed by atoms with Crippen LogP contribution in [0.25, 0.3) is 6.08 Å². The Morgan fingerprint density at radius 3 is 2.51 bits per heavy atom. The van der Waals surface area contributed by atoms with Crippen LogP contribution in [0.1, 0.15) is 29.2 Å². The number of halogens is 2. The molecule has 9 heteroatoms. The first-order valence-corrected chi connectivity index (χ1v) is 13.0. The van der Waals surface area contributed by atoms with Gasteiger partial charge in [-0.15, -0.1) is 0 Å². The van der Waals surface area contributed by atoms with Crippen molar-refractivity contribution in [1.82, 2.24) is 5.32 Å². The number of amides is 4. The number of ether oxygens (including phenoxy) is 2. The summed E-state index contributed by atoms with van der Waals surface area (Å²) in [6.07, 6.45) is 1.44. The minimum absolute atomic E-state index is 0.189. The SMILES string of the molecule is CCOc1cc(/C=C2\C(=O)NC(=O)N(c3cccc(Cl)c3C)C2=O)cc(I)c1OCc1cccc(C)c1. The van der Waals surface area contributed by atoms with Crippen LogP contribution in [0.2, 0.25) is 5.02 Å². The van der Waals surface area contributed by atoms with E-state index in [-0.39, 0.29) is 5.57 Å². The van der Waals surface area contributed by atoms with Gasteiger partial charge in [0.2, 0.25) is 0 Å². The minimum Gasteiger partial charge on any atom is -0.490 e. The molecular formula is C28H24ClIN2O5. The molecular weight excluding hydrogens is 607 g/mol. The third kappa shape index (κ3) is 5.80. The first-order chi connectivity index (χ1) is 17.7. The van der Waals surface area contributed by atoms with Gasteiger partial charge in [-0.2, -0.15) is 0 Å². The maximum Gasteiger partial charge on any atom is 0.335 e. The molecule has 0 spiro atoms. The fraction of sp³-hybridized carbons (Fsp3) is 0.179. The number of anilines is 1. The fourth-order valence-corrected chi connectivity index (χ4v) is 4.86. The van der Waals surface area contributed by atoms with Crippen LogP contribution in [0.5, 0.6) is 11.5 Å². The van der Waals surface area contributed by atoms with Crippen molar-refractivity contribution in [3.05, 3.63) is 91.0 Å². The van der Waals surface area contributed by atoms with E-state index in [1.165, 1.54) is 6.08 Å². The molecule has 0 aromatic heterocycles. The van der Waals surface area contributed by atoms with E-state index in [0.29, 0.717) is 46.5 Å². The Morgan fingerprint density at radius 2 is 1.78 bits per heavy atom. The van der Waals surface area contributed by atoms with Gasteiger partial charge in [-0.25, -0.2) is 9.69 Å². The van der Waals surface area contributed by atoms with Crippen molar-refractivity contribution in [2.45, 2.75) is 27.4 Å². The number of carbonyl (C=O) groups excluding carboxylic acids is 3. The molecule has 0 unspecified atom stereocenters. The number of barbiturate groups is 1. The van der Waals surface area contributed by atoms with Crippen molar-refractivity contribution in [2.75, 3.05) is 11.5 Å². The lowest BCUT2D eigenvalue weighted by Gasteiger charge is -2.27. The summed E-state index contributed by atoms with van der Waals surface area (Å²) in [4.78, 5) is 39.5. The molecule has 0 aliphatic carbocycles. The summed E-state index contributed by atoms with van der Waals surface area (Å²) in [6, 6.07) is 15.6. The van der Waals surface area contributed by atoms with Crippen LogP contribution in [0.3, 0.4) is 0 Å². The molecule has 3 aromatic rings. The van der Waals surface area contributed by atoms with Gasteiger partial charge >= 0.3 is 6.03 Å². The number of imide groups is 2. The highest BCUT2D eigenvalue weighted by molar-refractivity contribution is 14.1. The van der Waals surface area contributed by atoms with Crippen LogP contribution in [-0.4, -0.2) is 24.5 Å². The average molecular weight is 631 g/mol. The molecule has 0 saturated carbocycles. The van der Waals surface area contributed by atoms with Gasteiger partial charge < -0.3 is 9.47 Å². The number of hydrogen-bond acceptors (Lipinski definition) is 5. The Morgan fingerprint density at radius 1 is 1.03 bits per heavy atom. The predicted molar refractivity (Wildman–Crippen MR) is 151 cm³/mol. The van der Waals surface area contributed by atoms with Crippen molar-refractivity contribution >= 4 is 63.8 Å². The van der Waals surface area contributed by atoms with Crippen LogP contribution < -0.4 is 19.7 Å². The van der Waals surface area contributed by atoms with Crippen molar-refractivity contribution in [3.63, 3.8) is 0 Å². The first-order valence-electron chi connectivity index (χ1n) is 11.5. The molecule has 1 aliphatic rings. The quantitative estimate of drug-likeness (QED) is 0.191. The highest BCUT2D eigenvalue weighted by Crippen LogP contribution is 2.36. The number of urea groups is 1. The number of nitrogens with one attached hydrogen (secondary N) is 1. The molecule has 1 aliphatic heterocycles. The van der Waals surface area contributed by atoms with Gasteiger partial charge in [0, 0.05) is 5.02 Å². The summed E-state index contributed by atoms with van der Waals surface area (Å²) >= 11 is 8.33. The maximum atomic E-state index is 13.3. The Kier molecular flexibility index (Phi) is 8.19. The smallest absolute Gasteiger partial charge is 0.335 e. The van der Waals surface area contributed by atoms with Gasteiger partial charge in [-0.3, -0.25) is 14.9 Å². The second kappa shape index (κ2) is 11.4. The number of benzene rings is 3. The van der Waals surface area contributed by atoms with E-state index in [4.69, 9.17) is 21.1 Å². The summed E-state index contributed by atoms with van der Waals surface area (Å²) in [5, 5.41) is 2.64. The van der Waals surface area contributed by atoms with E-state index >= 15 is 0 Å². The molecule has 4 amide bonds. The normalized spacial score (nSPS) is 14.7. The lowest BCUT2D eigenvalue weighted by Crippen LogP contribution is -2.54. The average Bonchev–Trinajstić information content (AvgIpc) is 2.84. The number of hydrogen-bond donors (Lipinski definition) is 1. The Balaban J connectivity index is 1.68. The second-order valence-electron chi connectivity index (χ2n) is 8.38. The molecule has 0 atom stereocenters. The number of nitrogens with zero attached hydrogens (tertiary/aromatic N) is 1. The van der Waals surface area contributed by atoms with Crippen LogP contribution in [0, 0.1) is 17.4 Å². The molecule has 1 heterocycles. The Bertz CT molecular complexity index is 1440. The van der Waals surface area contributed by atoms with Gasteiger partial charge in [0.05, 0.1) is 15.9 Å². The molecule has 4 rings (SSSR count). The van der Waals surface area contributed by atoms with Crippen molar-refractivity contribution in [1.29, 1.82) is 0 Å². The number of rotatable bonds is 7. The van der Waals surface area contributed by atoms with E-state index in [0.717, 1.165) is 19.6 Å². The van der Waals surface area contributed by atoms with Crippen LogP contribution in [0.15, 0.2) is 60.2 Å². The topological polar surface area (TPSA) is 84.9 Å². The fourth-order valence-electron chi connectivity index (χ4n) is 3.91. The molecule has 3 aromatic carbocycles. The molecule has 7 nitrogen and oxygen atoms in total. The number of carbonyl (C=O) groups is 3. The monoisotopic (exact) mass is 630 g/mol. The van der Waals surface area contributed by atoms with E-state index < -0.39 is 17.8 Å². The largest absolute Gasteiger partial charge is 0.490 e. The van der Waals surface area contributed by atoms with Gasteiger partial charge in [-0.1, -0.05) is 47.5 Å². The zero-order valence-electron chi connectivity index (χ0n) is 20.4. The maximum absolute atomic E-state index is 13.3. The van der Waals surface area contributed by atoms with Gasteiger partial charge in [0.25, 0.3) is 11.8 Å². The molecule has 0 bridgehead atoms. The van der Waals surface area contributed by atoms with E-state index in [9.17, 15) is 14.4 Å². The van der Waals surface area contributed by atoms with Crippen molar-refractivity contribution in [2.24, 2.45) is 0 Å². The highest BCUT2D eigenvalue weighted by atomic mass is 127. The Labute approximate surface area is 233 Å². The molecule has 37 heavy (non-hydrogen) atoms. The van der Waals surface area contributed by atoms with E-state index in [2.05, 4.69) is 27.9 Å². The summed E-state index contributed by atoms with van der Waals surface area (Å²) in [5.74, 6) is -0.474. The van der Waals surface area contributed by atoms with Crippen LogP contribution >= 0.6 is 34.2 Å². The van der Waals surface area contributed by atoms with E-state index in [1.807, 2.05) is 38.1 Å². The lowest BCUT2D eigenvalue weighted by atomic mass is 10.1. The molecule has 190 valence electrons. The van der Waals surface area contributed by atoms with Gasteiger partial charge in [0.15, 0.2) is 11.5 Å². The summed E-state index contributed by atoms with van der Waals surface area (Å²) in [6.45, 7) is 6.33. The zero-order chi connectivity index (χ0) is 26.7. The third-order valence-corrected chi connectivity index (χ3v) is 6.90. The zero-order valence-corrected chi connectivity index (χ0v) is 23.3. The van der Waals surface area contributed by atoms with Crippen molar-refractivity contribution in [3.8, 4) is 11.5 Å². The number of aryl methyl sites for hydroxylation is 1. The lowest BCUT2D eigenvalue weighted by molar-refractivity contribution is -0.122. The highest BCUT2D eigenvalue weighted by Gasteiger charge is 2.37. The predicted octanol–water partition coefficient (Wildman–Crippen LogP) is 6.21. The Hall–Kier alpha value is -3.37. The molecule has 1 saturated heterocycles. The van der Waals surface area contributed by atoms with Gasteiger partial charge in [-0.05, 0) is 90.4 Å². The summed E-state index contributed by atoms with van der Waals surface area (Å²) < 4.78 is 12.7.